The molecule has 2 aromatic carbocycles. The number of carbonyl (C=O) groups is 1. The van der Waals surface area contributed by atoms with Crippen LogP contribution in [0, 0.1) is 0 Å². The van der Waals surface area contributed by atoms with Gasteiger partial charge in [-0.25, -0.2) is 0 Å². The molecule has 1 unspecified atom stereocenters. The summed E-state index contributed by atoms with van der Waals surface area (Å²) in [5, 5.41) is 3.83. The Balaban J connectivity index is 1.43. The van der Waals surface area contributed by atoms with Crippen molar-refractivity contribution in [3.8, 4) is 17.1 Å². The minimum absolute atomic E-state index is 0.00949. The topological polar surface area (TPSA) is 94.5 Å². The normalized spacial score (nSPS) is 19.3. The number of rotatable bonds is 8. The van der Waals surface area contributed by atoms with Crippen LogP contribution in [0.15, 0.2) is 59.4 Å². The number of halogens is 3. The molecule has 7 nitrogen and oxygen atoms in total. The Morgan fingerprint density at radius 2 is 2.00 bits per heavy atom. The monoisotopic (exact) mass is 488 g/mol. The van der Waals surface area contributed by atoms with Crippen molar-refractivity contribution >= 4 is 5.91 Å². The van der Waals surface area contributed by atoms with Crippen molar-refractivity contribution < 1.29 is 27.2 Å². The van der Waals surface area contributed by atoms with Crippen molar-refractivity contribution in [2.24, 2.45) is 5.73 Å². The number of benzene rings is 2. The summed E-state index contributed by atoms with van der Waals surface area (Å²) < 4.78 is 49.7. The number of nitrogens with zero attached hydrogens (tertiary/aromatic N) is 3. The van der Waals surface area contributed by atoms with Crippen molar-refractivity contribution in [3.63, 3.8) is 0 Å². The van der Waals surface area contributed by atoms with E-state index >= 15 is 0 Å². The van der Waals surface area contributed by atoms with E-state index in [1.54, 1.807) is 0 Å². The van der Waals surface area contributed by atoms with Crippen molar-refractivity contribution in [1.29, 1.82) is 0 Å². The molecule has 186 valence electrons. The molecule has 0 saturated carbocycles. The smallest absolute Gasteiger partial charge is 0.416 e. The Morgan fingerprint density at radius 3 is 2.63 bits per heavy atom. The van der Waals surface area contributed by atoms with Crippen LogP contribution in [0.1, 0.15) is 43.7 Å². The lowest BCUT2D eigenvalue weighted by atomic mass is 9.84. The van der Waals surface area contributed by atoms with E-state index < -0.39 is 23.2 Å². The van der Waals surface area contributed by atoms with Gasteiger partial charge in [0.1, 0.15) is 11.9 Å². The molecule has 1 aliphatic rings. The van der Waals surface area contributed by atoms with Crippen molar-refractivity contribution in [2.45, 2.75) is 50.4 Å². The Labute approximate surface area is 201 Å². The zero-order chi connectivity index (χ0) is 25.2. The quantitative estimate of drug-likeness (QED) is 0.496. The molecule has 1 saturated heterocycles. The van der Waals surface area contributed by atoms with Gasteiger partial charge >= 0.3 is 6.18 Å². The highest BCUT2D eigenvalue weighted by atomic mass is 19.4. The van der Waals surface area contributed by atoms with Gasteiger partial charge in [0, 0.05) is 18.7 Å². The van der Waals surface area contributed by atoms with Crippen molar-refractivity contribution in [2.75, 3.05) is 13.1 Å². The maximum Gasteiger partial charge on any atom is 0.416 e. The molecule has 0 aliphatic carbocycles. The van der Waals surface area contributed by atoms with Crippen molar-refractivity contribution in [1.82, 2.24) is 15.0 Å². The van der Waals surface area contributed by atoms with E-state index in [1.165, 1.54) is 18.5 Å². The third-order valence-corrected chi connectivity index (χ3v) is 6.64. The van der Waals surface area contributed by atoms with Crippen LogP contribution < -0.4 is 10.5 Å². The van der Waals surface area contributed by atoms with Gasteiger partial charge < -0.3 is 15.0 Å². The summed E-state index contributed by atoms with van der Waals surface area (Å²) in [5.74, 6) is 0.209. The number of hydrogen-bond acceptors (Lipinski definition) is 6. The van der Waals surface area contributed by atoms with Crippen LogP contribution in [0.3, 0.4) is 0 Å². The number of nitrogens with two attached hydrogens (primary N) is 1. The highest BCUT2D eigenvalue weighted by Crippen LogP contribution is 2.35. The van der Waals surface area contributed by atoms with Gasteiger partial charge in [0.25, 0.3) is 0 Å². The van der Waals surface area contributed by atoms with Crippen LogP contribution in [-0.4, -0.2) is 45.7 Å². The van der Waals surface area contributed by atoms with Crippen molar-refractivity contribution in [3.05, 3.63) is 66.1 Å². The van der Waals surface area contributed by atoms with E-state index in [0.29, 0.717) is 31.8 Å². The Kier molecular flexibility index (Phi) is 6.84. The summed E-state index contributed by atoms with van der Waals surface area (Å²) in [6.45, 7) is 4.77. The zero-order valence-corrected chi connectivity index (χ0v) is 19.5. The predicted molar refractivity (Wildman–Crippen MR) is 122 cm³/mol. The molecule has 2 N–H and O–H groups in total. The van der Waals surface area contributed by atoms with Crippen LogP contribution in [0.5, 0.6) is 5.75 Å². The van der Waals surface area contributed by atoms with Gasteiger partial charge in [-0.05, 0) is 49.4 Å². The number of primary amides is 1. The summed E-state index contributed by atoms with van der Waals surface area (Å²) in [7, 11) is 0. The minimum atomic E-state index is -4.44. The van der Waals surface area contributed by atoms with Gasteiger partial charge in [-0.3, -0.25) is 9.69 Å². The third-order valence-electron chi connectivity index (χ3n) is 6.64. The Morgan fingerprint density at radius 1 is 1.26 bits per heavy atom. The lowest BCUT2D eigenvalue weighted by molar-refractivity contribution is -0.137. The number of carbonyl (C=O) groups excluding carboxylic acids is 1. The first-order chi connectivity index (χ1) is 16.6. The molecule has 3 aromatic rings. The molecule has 1 fully saturated rings. The largest absolute Gasteiger partial charge is 0.489 e. The molecule has 1 aromatic heterocycles. The molecule has 2 heterocycles. The summed E-state index contributed by atoms with van der Waals surface area (Å²) in [6, 6.07) is 12.5. The fraction of sp³-hybridized carbons (Fsp3) is 0.400. The van der Waals surface area contributed by atoms with E-state index in [1.807, 2.05) is 43.0 Å². The molecular weight excluding hydrogens is 461 g/mol. The van der Waals surface area contributed by atoms with E-state index in [0.717, 1.165) is 23.3 Å². The minimum Gasteiger partial charge on any atom is -0.489 e. The number of amides is 1. The molecule has 0 spiro atoms. The molecule has 0 radical (unpaired) electrons. The third kappa shape index (κ3) is 5.48. The average molecular weight is 489 g/mol. The number of likely N-dealkylation sites (tertiary alicyclic amines) is 1. The first-order valence-corrected chi connectivity index (χ1v) is 11.3. The molecular formula is C25H27F3N4O3. The first-order valence-electron chi connectivity index (χ1n) is 11.3. The number of alkyl halides is 3. The lowest BCUT2D eigenvalue weighted by Crippen LogP contribution is -2.55. The standard InChI is InChI=1S/C25H27F3N4O3/c1-16(17-6-8-18(9-7-17)22-30-15-34-31-22)13-24(2,23(29)33)32-11-10-21(14-32)35-20-5-3-4-19(12-20)25(26,27)28/h3-9,12,15-16,21H,10-11,13-14H2,1-2H3,(H2,29,33)/t16-,21+,24?/m0/s1. The van der Waals surface area contributed by atoms with Crippen LogP contribution in [0.25, 0.3) is 11.4 Å². The lowest BCUT2D eigenvalue weighted by Gasteiger charge is -2.38. The molecule has 4 rings (SSSR count). The number of ether oxygens (including phenoxy) is 1. The van der Waals surface area contributed by atoms with Crippen LogP contribution >= 0.6 is 0 Å². The summed E-state index contributed by atoms with van der Waals surface area (Å²) in [6.07, 6.45) is -2.47. The van der Waals surface area contributed by atoms with E-state index in [4.69, 9.17) is 15.0 Å². The predicted octanol–water partition coefficient (Wildman–Crippen LogP) is 4.65. The molecule has 0 bridgehead atoms. The highest BCUT2D eigenvalue weighted by molar-refractivity contribution is 5.84. The summed E-state index contributed by atoms with van der Waals surface area (Å²) in [5.41, 5.74) is 6.00. The summed E-state index contributed by atoms with van der Waals surface area (Å²) in [4.78, 5) is 18.6. The number of aromatic nitrogens is 2. The molecule has 10 heteroatoms. The van der Waals surface area contributed by atoms with Gasteiger partial charge in [-0.1, -0.05) is 42.4 Å². The van der Waals surface area contributed by atoms with Crippen LogP contribution in [-0.2, 0) is 11.0 Å². The average Bonchev–Trinajstić information content (AvgIpc) is 3.51. The fourth-order valence-electron chi connectivity index (χ4n) is 4.57. The highest BCUT2D eigenvalue weighted by Gasteiger charge is 2.43. The van der Waals surface area contributed by atoms with Crippen LogP contribution in [0.2, 0.25) is 0 Å². The van der Waals surface area contributed by atoms with Gasteiger partial charge in [0.2, 0.25) is 18.1 Å². The number of hydrogen-bond donors (Lipinski definition) is 1. The molecule has 1 amide bonds. The maximum absolute atomic E-state index is 13.0. The van der Waals surface area contributed by atoms with Gasteiger partial charge in [-0.2, -0.15) is 18.2 Å². The fourth-order valence-corrected chi connectivity index (χ4v) is 4.57. The first kappa shape index (κ1) is 24.7. The molecule has 1 aliphatic heterocycles. The second-order valence-electron chi connectivity index (χ2n) is 9.12. The molecule has 3 atom stereocenters. The molecule has 35 heavy (non-hydrogen) atoms. The SMILES string of the molecule is C[C@@H](CC(C)(C(N)=O)N1CC[C@@H](Oc2cccc(C(F)(F)F)c2)C1)c1ccc(-c2ncon2)cc1. The zero-order valence-electron chi connectivity index (χ0n) is 19.5. The van der Waals surface area contributed by atoms with Crippen LogP contribution in [0.4, 0.5) is 13.2 Å². The Hall–Kier alpha value is -3.40. The van der Waals surface area contributed by atoms with E-state index in [-0.39, 0.29) is 17.8 Å². The second kappa shape index (κ2) is 9.69. The van der Waals surface area contributed by atoms with Gasteiger partial charge in [0.15, 0.2) is 0 Å². The van der Waals surface area contributed by atoms with Gasteiger partial charge in [0.05, 0.1) is 11.1 Å². The Bertz CT molecular complexity index is 1150. The van der Waals surface area contributed by atoms with E-state index in [9.17, 15) is 18.0 Å². The van der Waals surface area contributed by atoms with E-state index in [2.05, 4.69) is 10.1 Å². The second-order valence-corrected chi connectivity index (χ2v) is 9.12. The summed E-state index contributed by atoms with van der Waals surface area (Å²) >= 11 is 0. The maximum atomic E-state index is 13.0. The van der Waals surface area contributed by atoms with Gasteiger partial charge in [-0.15, -0.1) is 0 Å².